The lowest BCUT2D eigenvalue weighted by Gasteiger charge is -2.33. The van der Waals surface area contributed by atoms with Crippen molar-refractivity contribution in [3.63, 3.8) is 0 Å². The van der Waals surface area contributed by atoms with Gasteiger partial charge in [-0.25, -0.2) is 0 Å². The van der Waals surface area contributed by atoms with E-state index in [9.17, 15) is 0 Å². The third-order valence-corrected chi connectivity index (χ3v) is 3.07. The van der Waals surface area contributed by atoms with Crippen molar-refractivity contribution in [1.82, 2.24) is 5.32 Å². The lowest BCUT2D eigenvalue weighted by Crippen LogP contribution is -2.37. The van der Waals surface area contributed by atoms with Crippen molar-refractivity contribution in [2.24, 2.45) is 5.41 Å². The van der Waals surface area contributed by atoms with Crippen molar-refractivity contribution < 1.29 is 4.42 Å². The molecule has 1 N–H and O–H groups in total. The molecule has 1 aromatic rings. The molecule has 78 valence electrons. The Morgan fingerprint density at radius 3 is 2.86 bits per heavy atom. The molecular weight excluding hydrogens is 242 g/mol. The van der Waals surface area contributed by atoms with Gasteiger partial charge in [0.2, 0.25) is 0 Å². The van der Waals surface area contributed by atoms with Gasteiger partial charge >= 0.3 is 0 Å². The first-order chi connectivity index (χ1) is 6.48. The second-order valence-corrected chi connectivity index (χ2v) is 5.72. The first-order valence-corrected chi connectivity index (χ1v) is 5.79. The molecule has 1 atom stereocenters. The number of halogens is 1. The van der Waals surface area contributed by atoms with E-state index in [-0.39, 0.29) is 5.41 Å². The Labute approximate surface area is 93.2 Å². The zero-order chi connectivity index (χ0) is 10.3. The van der Waals surface area contributed by atoms with Crippen LogP contribution in [0, 0.1) is 5.41 Å². The number of rotatable bonds is 0. The summed E-state index contributed by atoms with van der Waals surface area (Å²) in [6, 6.07) is 2.42. The van der Waals surface area contributed by atoms with E-state index in [1.165, 1.54) is 5.56 Å². The molecular formula is C11H16BrNO. The first kappa shape index (κ1) is 10.2. The molecule has 0 fully saturated rings. The number of hydrogen-bond acceptors (Lipinski definition) is 2. The van der Waals surface area contributed by atoms with Gasteiger partial charge in [-0.1, -0.05) is 20.8 Å². The highest BCUT2D eigenvalue weighted by molar-refractivity contribution is 9.10. The van der Waals surface area contributed by atoms with Crippen LogP contribution in [-0.2, 0) is 6.42 Å². The minimum atomic E-state index is 0.201. The molecule has 2 rings (SSSR count). The molecule has 0 saturated carbocycles. The van der Waals surface area contributed by atoms with Crippen molar-refractivity contribution >= 4 is 15.9 Å². The van der Waals surface area contributed by atoms with E-state index in [1.807, 2.05) is 0 Å². The Balaban J connectivity index is 2.40. The molecule has 0 spiro atoms. The molecule has 1 aliphatic rings. The van der Waals surface area contributed by atoms with Crippen LogP contribution in [-0.4, -0.2) is 6.54 Å². The average molecular weight is 258 g/mol. The minimum Gasteiger partial charge on any atom is -0.452 e. The number of hydrogen-bond donors (Lipinski definition) is 1. The Bertz CT molecular complexity index is 338. The number of furan rings is 1. The fourth-order valence-corrected chi connectivity index (χ4v) is 2.44. The monoisotopic (exact) mass is 257 g/mol. The van der Waals surface area contributed by atoms with Crippen LogP contribution in [0.1, 0.15) is 38.1 Å². The van der Waals surface area contributed by atoms with Gasteiger partial charge in [0.05, 0.1) is 6.04 Å². The van der Waals surface area contributed by atoms with Gasteiger partial charge in [0.25, 0.3) is 0 Å². The standard InChI is InChI=1S/C11H16BrNO/c1-11(2,3)10-9-7(4-5-13-10)6-8(12)14-9/h6,10,13H,4-5H2,1-3H3. The maximum absolute atomic E-state index is 5.70. The second-order valence-electron chi connectivity index (χ2n) is 4.94. The van der Waals surface area contributed by atoms with Gasteiger partial charge in [-0.05, 0) is 39.4 Å². The van der Waals surface area contributed by atoms with E-state index >= 15 is 0 Å². The lowest BCUT2D eigenvalue weighted by atomic mass is 9.82. The summed E-state index contributed by atoms with van der Waals surface area (Å²) in [5.41, 5.74) is 1.54. The summed E-state index contributed by atoms with van der Waals surface area (Å²) in [6.45, 7) is 7.74. The normalized spacial score (nSPS) is 22.1. The topological polar surface area (TPSA) is 25.2 Å². The molecule has 14 heavy (non-hydrogen) atoms. The SMILES string of the molecule is CC(C)(C)C1NCCc2cc(Br)oc21. The van der Waals surface area contributed by atoms with Crippen LogP contribution in [0.15, 0.2) is 15.2 Å². The van der Waals surface area contributed by atoms with E-state index in [0.29, 0.717) is 6.04 Å². The van der Waals surface area contributed by atoms with E-state index in [1.54, 1.807) is 0 Å². The van der Waals surface area contributed by atoms with Crippen molar-refractivity contribution in [1.29, 1.82) is 0 Å². The van der Waals surface area contributed by atoms with Gasteiger partial charge in [0.1, 0.15) is 5.76 Å². The van der Waals surface area contributed by atoms with Crippen molar-refractivity contribution in [3.8, 4) is 0 Å². The molecule has 2 heterocycles. The average Bonchev–Trinajstić information content (AvgIpc) is 2.41. The molecule has 0 saturated heterocycles. The lowest BCUT2D eigenvalue weighted by molar-refractivity contribution is 0.225. The Hall–Kier alpha value is -0.280. The minimum absolute atomic E-state index is 0.201. The fraction of sp³-hybridized carbons (Fsp3) is 0.636. The van der Waals surface area contributed by atoms with Crippen molar-refractivity contribution in [3.05, 3.63) is 22.1 Å². The van der Waals surface area contributed by atoms with Crippen molar-refractivity contribution in [2.75, 3.05) is 6.54 Å². The zero-order valence-corrected chi connectivity index (χ0v) is 10.4. The second kappa shape index (κ2) is 3.38. The Morgan fingerprint density at radius 1 is 1.50 bits per heavy atom. The molecule has 2 nitrogen and oxygen atoms in total. The molecule has 0 aromatic carbocycles. The molecule has 0 bridgehead atoms. The van der Waals surface area contributed by atoms with Gasteiger partial charge in [-0.3, -0.25) is 0 Å². The summed E-state index contributed by atoms with van der Waals surface area (Å²) in [5, 5.41) is 3.51. The molecule has 1 aromatic heterocycles. The zero-order valence-electron chi connectivity index (χ0n) is 8.86. The van der Waals surface area contributed by atoms with Crippen LogP contribution in [0.2, 0.25) is 0 Å². The predicted octanol–water partition coefficient (Wildman–Crippen LogP) is 3.28. The Kier molecular flexibility index (Phi) is 2.48. The molecule has 0 radical (unpaired) electrons. The van der Waals surface area contributed by atoms with Crippen LogP contribution in [0.25, 0.3) is 0 Å². The summed E-state index contributed by atoms with van der Waals surface area (Å²) in [6.07, 6.45) is 1.07. The molecule has 0 aliphatic carbocycles. The van der Waals surface area contributed by atoms with E-state index < -0.39 is 0 Å². The van der Waals surface area contributed by atoms with Gasteiger partial charge < -0.3 is 9.73 Å². The fourth-order valence-electron chi connectivity index (χ4n) is 1.99. The molecule has 0 amide bonds. The van der Waals surface area contributed by atoms with Crippen LogP contribution in [0.4, 0.5) is 0 Å². The van der Waals surface area contributed by atoms with E-state index in [2.05, 4.69) is 48.1 Å². The maximum atomic E-state index is 5.70. The van der Waals surface area contributed by atoms with E-state index in [4.69, 9.17) is 4.42 Å². The van der Waals surface area contributed by atoms with Crippen molar-refractivity contribution in [2.45, 2.75) is 33.2 Å². The highest BCUT2D eigenvalue weighted by atomic mass is 79.9. The number of nitrogens with one attached hydrogen (secondary N) is 1. The Morgan fingerprint density at radius 2 is 2.21 bits per heavy atom. The van der Waals surface area contributed by atoms with Gasteiger partial charge in [-0.15, -0.1) is 0 Å². The largest absolute Gasteiger partial charge is 0.452 e. The predicted molar refractivity (Wildman–Crippen MR) is 60.3 cm³/mol. The smallest absolute Gasteiger partial charge is 0.169 e. The summed E-state index contributed by atoms with van der Waals surface area (Å²) in [7, 11) is 0. The quantitative estimate of drug-likeness (QED) is 0.772. The third-order valence-electron chi connectivity index (χ3n) is 2.68. The molecule has 3 heteroatoms. The van der Waals surface area contributed by atoms with Crippen LogP contribution in [0.3, 0.4) is 0 Å². The summed E-state index contributed by atoms with van der Waals surface area (Å²) < 4.78 is 6.55. The first-order valence-electron chi connectivity index (χ1n) is 5.00. The summed E-state index contributed by atoms with van der Waals surface area (Å²) >= 11 is 3.39. The highest BCUT2D eigenvalue weighted by Crippen LogP contribution is 2.39. The van der Waals surface area contributed by atoms with Crippen LogP contribution in [0.5, 0.6) is 0 Å². The number of fused-ring (bicyclic) bond motifs is 1. The highest BCUT2D eigenvalue weighted by Gasteiger charge is 2.33. The van der Waals surface area contributed by atoms with Gasteiger partial charge in [-0.2, -0.15) is 0 Å². The van der Waals surface area contributed by atoms with Gasteiger partial charge in [0, 0.05) is 6.54 Å². The van der Waals surface area contributed by atoms with Gasteiger partial charge in [0.15, 0.2) is 4.67 Å². The van der Waals surface area contributed by atoms with Crippen LogP contribution < -0.4 is 5.32 Å². The van der Waals surface area contributed by atoms with E-state index in [0.717, 1.165) is 23.4 Å². The summed E-state index contributed by atoms with van der Waals surface area (Å²) in [4.78, 5) is 0. The molecule has 1 aliphatic heterocycles. The third kappa shape index (κ3) is 1.75. The summed E-state index contributed by atoms with van der Waals surface area (Å²) in [5.74, 6) is 1.11. The molecule has 1 unspecified atom stereocenters. The maximum Gasteiger partial charge on any atom is 0.169 e. The van der Waals surface area contributed by atoms with Crippen LogP contribution >= 0.6 is 15.9 Å².